The fourth-order valence-corrected chi connectivity index (χ4v) is 3.43. The highest BCUT2D eigenvalue weighted by Crippen LogP contribution is 2.24. The highest BCUT2D eigenvalue weighted by molar-refractivity contribution is 6.22. The van der Waals surface area contributed by atoms with Gasteiger partial charge in [0.05, 0.1) is 11.1 Å². The number of carbonyl (C=O) groups is 4. The van der Waals surface area contributed by atoms with Gasteiger partial charge in [-0.3, -0.25) is 24.6 Å². The number of imide groups is 2. The average Bonchev–Trinajstić information content (AvgIpc) is 2.82. The molecule has 1 fully saturated rings. The Morgan fingerprint density at radius 2 is 1.68 bits per heavy atom. The van der Waals surface area contributed by atoms with Crippen LogP contribution in [0.25, 0.3) is 0 Å². The van der Waals surface area contributed by atoms with Crippen LogP contribution in [0.2, 0.25) is 0 Å². The normalized spacial score (nSPS) is 22.5. The Labute approximate surface area is 145 Å². The second-order valence-corrected chi connectivity index (χ2v) is 6.63. The molecular formula is C18H21N3O4. The number of nitrogens with one attached hydrogen (secondary N) is 2. The largest absolute Gasteiger partial charge is 0.335 e. The van der Waals surface area contributed by atoms with Crippen molar-refractivity contribution < 1.29 is 19.2 Å². The van der Waals surface area contributed by atoms with Crippen molar-refractivity contribution in [3.05, 3.63) is 35.4 Å². The van der Waals surface area contributed by atoms with E-state index in [2.05, 4.69) is 17.6 Å². The lowest BCUT2D eigenvalue weighted by Gasteiger charge is -2.29. The maximum atomic E-state index is 12.2. The molecule has 1 heterocycles. The van der Waals surface area contributed by atoms with Crippen LogP contribution < -0.4 is 10.6 Å². The van der Waals surface area contributed by atoms with E-state index in [0.29, 0.717) is 5.92 Å². The topological polar surface area (TPSA) is 95.6 Å². The Hall–Kier alpha value is -2.70. The van der Waals surface area contributed by atoms with Gasteiger partial charge in [0.15, 0.2) is 0 Å². The van der Waals surface area contributed by atoms with Gasteiger partial charge in [-0.2, -0.15) is 0 Å². The maximum Gasteiger partial charge on any atom is 0.321 e. The summed E-state index contributed by atoms with van der Waals surface area (Å²) < 4.78 is 0. The van der Waals surface area contributed by atoms with Gasteiger partial charge in [0.1, 0.15) is 6.54 Å². The molecule has 1 aromatic carbocycles. The van der Waals surface area contributed by atoms with Crippen molar-refractivity contribution in [3.8, 4) is 0 Å². The van der Waals surface area contributed by atoms with Gasteiger partial charge in [-0.15, -0.1) is 0 Å². The second kappa shape index (κ2) is 7.04. The van der Waals surface area contributed by atoms with E-state index in [4.69, 9.17) is 0 Å². The van der Waals surface area contributed by atoms with Crippen molar-refractivity contribution in [1.29, 1.82) is 0 Å². The van der Waals surface area contributed by atoms with E-state index >= 15 is 0 Å². The van der Waals surface area contributed by atoms with Crippen molar-refractivity contribution in [2.45, 2.75) is 38.6 Å². The minimum Gasteiger partial charge on any atom is -0.335 e. The lowest BCUT2D eigenvalue weighted by atomic mass is 9.86. The van der Waals surface area contributed by atoms with Gasteiger partial charge >= 0.3 is 6.03 Å². The SMILES string of the molecule is C[C@@H]1CCCC[C@H]1NC(=O)NC(=O)CN1C(=O)c2ccccc2C1=O. The number of rotatable bonds is 3. The smallest absolute Gasteiger partial charge is 0.321 e. The Kier molecular flexibility index (Phi) is 4.83. The molecule has 0 radical (unpaired) electrons. The van der Waals surface area contributed by atoms with E-state index in [1.807, 2.05) is 0 Å². The van der Waals surface area contributed by atoms with E-state index in [0.717, 1.165) is 30.6 Å². The molecule has 1 aliphatic carbocycles. The Balaban J connectivity index is 1.55. The van der Waals surface area contributed by atoms with Crippen LogP contribution >= 0.6 is 0 Å². The highest BCUT2D eigenvalue weighted by atomic mass is 16.2. The molecule has 132 valence electrons. The number of fused-ring (bicyclic) bond motifs is 1. The third-order valence-corrected chi connectivity index (χ3v) is 4.86. The van der Waals surface area contributed by atoms with Crippen molar-refractivity contribution in [3.63, 3.8) is 0 Å². The summed E-state index contributed by atoms with van der Waals surface area (Å²) in [4.78, 5) is 49.3. The Bertz CT molecular complexity index is 696. The van der Waals surface area contributed by atoms with E-state index in [1.165, 1.54) is 0 Å². The number of benzene rings is 1. The van der Waals surface area contributed by atoms with Crippen LogP contribution in [0.1, 0.15) is 53.3 Å². The first-order chi connectivity index (χ1) is 12.0. The molecule has 0 aromatic heterocycles. The molecule has 2 aliphatic rings. The lowest BCUT2D eigenvalue weighted by molar-refractivity contribution is -0.120. The molecule has 7 nitrogen and oxygen atoms in total. The van der Waals surface area contributed by atoms with Crippen LogP contribution in [-0.2, 0) is 4.79 Å². The third-order valence-electron chi connectivity index (χ3n) is 4.86. The summed E-state index contributed by atoms with van der Waals surface area (Å²) in [6, 6.07) is 5.87. The van der Waals surface area contributed by atoms with Gasteiger partial charge in [-0.05, 0) is 30.9 Å². The predicted molar refractivity (Wildman–Crippen MR) is 89.9 cm³/mol. The molecule has 7 heteroatoms. The zero-order valence-electron chi connectivity index (χ0n) is 14.1. The molecule has 0 saturated heterocycles. The molecule has 2 atom stereocenters. The third kappa shape index (κ3) is 3.55. The van der Waals surface area contributed by atoms with Gasteiger partial charge in [0.2, 0.25) is 5.91 Å². The average molecular weight is 343 g/mol. The van der Waals surface area contributed by atoms with Gasteiger partial charge in [0, 0.05) is 6.04 Å². The van der Waals surface area contributed by atoms with Crippen molar-refractivity contribution in [2.75, 3.05) is 6.54 Å². The summed E-state index contributed by atoms with van der Waals surface area (Å²) in [5.74, 6) is -1.35. The van der Waals surface area contributed by atoms with Crippen LogP contribution in [0.3, 0.4) is 0 Å². The Morgan fingerprint density at radius 1 is 1.08 bits per heavy atom. The lowest BCUT2D eigenvalue weighted by Crippen LogP contribution is -2.50. The zero-order chi connectivity index (χ0) is 18.0. The molecule has 3 rings (SSSR count). The fourth-order valence-electron chi connectivity index (χ4n) is 3.43. The van der Waals surface area contributed by atoms with E-state index in [1.54, 1.807) is 24.3 Å². The summed E-state index contributed by atoms with van der Waals surface area (Å²) in [6.07, 6.45) is 4.15. The summed E-state index contributed by atoms with van der Waals surface area (Å²) in [6.45, 7) is 1.60. The van der Waals surface area contributed by atoms with Crippen LogP contribution in [0, 0.1) is 5.92 Å². The molecule has 1 aliphatic heterocycles. The summed E-state index contributed by atoms with van der Waals surface area (Å²) in [7, 11) is 0. The molecular weight excluding hydrogens is 322 g/mol. The first-order valence-corrected chi connectivity index (χ1v) is 8.53. The summed E-state index contributed by atoms with van der Waals surface area (Å²) in [5.41, 5.74) is 0.557. The van der Waals surface area contributed by atoms with Gasteiger partial charge in [0.25, 0.3) is 11.8 Å². The molecule has 2 N–H and O–H groups in total. The quantitative estimate of drug-likeness (QED) is 0.816. The van der Waals surface area contributed by atoms with Crippen LogP contribution in [0.5, 0.6) is 0 Å². The van der Waals surface area contributed by atoms with E-state index in [9.17, 15) is 19.2 Å². The van der Waals surface area contributed by atoms with E-state index < -0.39 is 30.3 Å². The molecule has 0 bridgehead atoms. The zero-order valence-corrected chi connectivity index (χ0v) is 14.1. The van der Waals surface area contributed by atoms with E-state index in [-0.39, 0.29) is 17.2 Å². The number of urea groups is 1. The number of hydrogen-bond donors (Lipinski definition) is 2. The Morgan fingerprint density at radius 3 is 2.28 bits per heavy atom. The van der Waals surface area contributed by atoms with Gasteiger partial charge in [-0.1, -0.05) is 31.9 Å². The van der Waals surface area contributed by atoms with Crippen molar-refractivity contribution in [1.82, 2.24) is 15.5 Å². The molecule has 1 saturated carbocycles. The number of amides is 5. The van der Waals surface area contributed by atoms with Gasteiger partial charge in [-0.25, -0.2) is 4.79 Å². The standard InChI is InChI=1S/C18H21N3O4/c1-11-6-2-5-9-14(11)19-18(25)20-15(22)10-21-16(23)12-7-3-4-8-13(12)17(21)24/h3-4,7-8,11,14H,2,5-6,9-10H2,1H3,(H2,19,20,22,25)/t11-,14-/m1/s1. The highest BCUT2D eigenvalue weighted by Gasteiger charge is 2.36. The van der Waals surface area contributed by atoms with Crippen LogP contribution in [-0.4, -0.2) is 41.2 Å². The number of hydrogen-bond acceptors (Lipinski definition) is 4. The summed E-state index contributed by atoms with van der Waals surface area (Å²) in [5, 5.41) is 5.01. The van der Waals surface area contributed by atoms with Gasteiger partial charge < -0.3 is 5.32 Å². The number of carbonyl (C=O) groups excluding carboxylic acids is 4. The number of nitrogens with zero attached hydrogens (tertiary/aromatic N) is 1. The van der Waals surface area contributed by atoms with Crippen LogP contribution in [0.4, 0.5) is 4.79 Å². The molecule has 25 heavy (non-hydrogen) atoms. The first-order valence-electron chi connectivity index (χ1n) is 8.53. The minimum absolute atomic E-state index is 0.0425. The first kappa shape index (κ1) is 17.1. The molecule has 0 unspecified atom stereocenters. The van der Waals surface area contributed by atoms with Crippen molar-refractivity contribution in [2.24, 2.45) is 5.92 Å². The van der Waals surface area contributed by atoms with Crippen LogP contribution in [0.15, 0.2) is 24.3 Å². The predicted octanol–water partition coefficient (Wildman–Crippen LogP) is 1.69. The maximum absolute atomic E-state index is 12.2. The minimum atomic E-state index is -0.685. The monoisotopic (exact) mass is 343 g/mol. The van der Waals surface area contributed by atoms with Crippen molar-refractivity contribution >= 4 is 23.8 Å². The second-order valence-electron chi connectivity index (χ2n) is 6.63. The molecule has 1 aromatic rings. The molecule has 5 amide bonds. The summed E-state index contributed by atoms with van der Waals surface area (Å²) >= 11 is 0. The molecule has 0 spiro atoms. The fraction of sp³-hybridized carbons (Fsp3) is 0.444.